The van der Waals surface area contributed by atoms with Gasteiger partial charge in [0.2, 0.25) is 0 Å². The third-order valence-corrected chi connectivity index (χ3v) is 3.75. The number of halogens is 1. The lowest BCUT2D eigenvalue weighted by atomic mass is 10.2. The number of esters is 2. The average Bonchev–Trinajstić information content (AvgIpc) is 2.90. The number of hydrogen-bond acceptors (Lipinski definition) is 5. The number of carbonyl (C=O) groups excluding carboxylic acids is 2. The summed E-state index contributed by atoms with van der Waals surface area (Å²) in [4.78, 5) is 25.9. The molecule has 1 aromatic rings. The zero-order chi connectivity index (χ0) is 17.7. The summed E-state index contributed by atoms with van der Waals surface area (Å²) >= 11 is 0. The van der Waals surface area contributed by atoms with Crippen molar-refractivity contribution in [3.8, 4) is 0 Å². The summed E-state index contributed by atoms with van der Waals surface area (Å²) in [5.41, 5.74) is -0.599. The minimum absolute atomic E-state index is 0.0479. The van der Waals surface area contributed by atoms with Crippen LogP contribution < -0.4 is 0 Å². The van der Waals surface area contributed by atoms with Gasteiger partial charge < -0.3 is 9.47 Å². The van der Waals surface area contributed by atoms with E-state index < -0.39 is 17.4 Å². The zero-order valence-corrected chi connectivity index (χ0v) is 14.4. The predicted molar refractivity (Wildman–Crippen MR) is 87.1 cm³/mol. The molecule has 0 aliphatic carbocycles. The first-order valence-corrected chi connectivity index (χ1v) is 8.14. The van der Waals surface area contributed by atoms with E-state index >= 15 is 0 Å². The summed E-state index contributed by atoms with van der Waals surface area (Å²) in [6.07, 6.45) is 1.75. The normalized spacial score (nSPS) is 18.4. The number of hydrogen-bond donors (Lipinski definition) is 0. The first-order valence-electron chi connectivity index (χ1n) is 8.14. The number of likely N-dealkylation sites (tertiary alicyclic amines) is 1. The molecule has 0 N–H and O–H groups in total. The van der Waals surface area contributed by atoms with Crippen molar-refractivity contribution in [2.75, 3.05) is 19.7 Å². The molecule has 6 heteroatoms. The van der Waals surface area contributed by atoms with Crippen LogP contribution in [0, 0.1) is 5.82 Å². The molecule has 1 aliphatic heterocycles. The van der Waals surface area contributed by atoms with Crippen LogP contribution in [-0.2, 0) is 14.3 Å². The van der Waals surface area contributed by atoms with E-state index in [-0.39, 0.29) is 30.7 Å². The van der Waals surface area contributed by atoms with Crippen LogP contribution >= 0.6 is 0 Å². The molecule has 1 atom stereocenters. The fourth-order valence-corrected chi connectivity index (χ4v) is 2.71. The molecule has 132 valence electrons. The molecule has 0 saturated carbocycles. The van der Waals surface area contributed by atoms with Crippen molar-refractivity contribution in [1.29, 1.82) is 0 Å². The Bertz CT molecular complexity index is 597. The van der Waals surface area contributed by atoms with E-state index in [4.69, 9.17) is 9.47 Å². The molecule has 1 heterocycles. The van der Waals surface area contributed by atoms with Gasteiger partial charge in [0.05, 0.1) is 12.1 Å². The van der Waals surface area contributed by atoms with Crippen LogP contribution in [-0.4, -0.2) is 48.2 Å². The second-order valence-electron chi connectivity index (χ2n) is 6.93. The third kappa shape index (κ3) is 5.30. The maximum Gasteiger partial charge on any atom is 0.341 e. The van der Waals surface area contributed by atoms with Crippen molar-refractivity contribution >= 4 is 11.9 Å². The second-order valence-corrected chi connectivity index (χ2v) is 6.93. The number of benzene rings is 1. The van der Waals surface area contributed by atoms with Crippen molar-refractivity contribution in [3.05, 3.63) is 35.6 Å². The van der Waals surface area contributed by atoms with E-state index in [2.05, 4.69) is 0 Å². The molecule has 1 aliphatic rings. The Morgan fingerprint density at radius 1 is 1.29 bits per heavy atom. The van der Waals surface area contributed by atoms with Crippen LogP contribution in [0.5, 0.6) is 0 Å². The Morgan fingerprint density at radius 3 is 2.67 bits per heavy atom. The molecular weight excluding hydrogens is 313 g/mol. The monoisotopic (exact) mass is 337 g/mol. The lowest BCUT2D eigenvalue weighted by Crippen LogP contribution is -2.40. The van der Waals surface area contributed by atoms with E-state index in [1.807, 2.05) is 25.7 Å². The highest BCUT2D eigenvalue weighted by molar-refractivity contribution is 5.89. The maximum absolute atomic E-state index is 13.6. The Morgan fingerprint density at radius 2 is 2.00 bits per heavy atom. The molecule has 0 spiro atoms. The highest BCUT2D eigenvalue weighted by atomic mass is 19.1. The fourth-order valence-electron chi connectivity index (χ4n) is 2.71. The van der Waals surface area contributed by atoms with Gasteiger partial charge in [-0.05, 0) is 52.3 Å². The van der Waals surface area contributed by atoms with Crippen LogP contribution in [0.2, 0.25) is 0 Å². The summed E-state index contributed by atoms with van der Waals surface area (Å²) in [6, 6.07) is 5.68. The molecule has 0 bridgehead atoms. The summed E-state index contributed by atoms with van der Waals surface area (Å²) in [5, 5.41) is 0. The lowest BCUT2D eigenvalue weighted by Gasteiger charge is -2.26. The molecule has 2 rings (SSSR count). The summed E-state index contributed by atoms with van der Waals surface area (Å²) in [7, 11) is 0. The van der Waals surface area contributed by atoms with Gasteiger partial charge >= 0.3 is 11.9 Å². The van der Waals surface area contributed by atoms with E-state index in [1.165, 1.54) is 18.2 Å². The molecule has 0 aromatic heterocycles. The van der Waals surface area contributed by atoms with Gasteiger partial charge in [0.25, 0.3) is 0 Å². The maximum atomic E-state index is 13.6. The number of rotatable bonds is 5. The minimum Gasteiger partial charge on any atom is -0.460 e. The summed E-state index contributed by atoms with van der Waals surface area (Å²) in [6.45, 7) is 6.52. The van der Waals surface area contributed by atoms with E-state index in [9.17, 15) is 14.0 Å². The standard InChI is InChI=1S/C18H24FNO4/c1-18(2,3)24-16(21)11-20-10-6-7-13(20)12-23-17(22)14-8-4-5-9-15(14)19/h4-5,8-9,13H,6-7,10-12H2,1-3H3. The highest BCUT2D eigenvalue weighted by Gasteiger charge is 2.29. The van der Waals surface area contributed by atoms with Gasteiger partial charge in [-0.25, -0.2) is 9.18 Å². The number of carbonyl (C=O) groups is 2. The van der Waals surface area contributed by atoms with Crippen molar-refractivity contribution < 1.29 is 23.5 Å². The van der Waals surface area contributed by atoms with Gasteiger partial charge in [-0.3, -0.25) is 9.69 Å². The highest BCUT2D eigenvalue weighted by Crippen LogP contribution is 2.19. The molecule has 5 nitrogen and oxygen atoms in total. The second kappa shape index (κ2) is 7.75. The van der Waals surface area contributed by atoms with Gasteiger partial charge in [0, 0.05) is 6.04 Å². The quantitative estimate of drug-likeness (QED) is 0.773. The molecule has 0 radical (unpaired) electrons. The number of ether oxygens (including phenoxy) is 2. The third-order valence-electron chi connectivity index (χ3n) is 3.75. The van der Waals surface area contributed by atoms with E-state index in [0.717, 1.165) is 19.4 Å². The molecule has 1 unspecified atom stereocenters. The van der Waals surface area contributed by atoms with Crippen molar-refractivity contribution in [2.45, 2.75) is 45.3 Å². The molecule has 1 saturated heterocycles. The van der Waals surface area contributed by atoms with Crippen LogP contribution in [0.15, 0.2) is 24.3 Å². The van der Waals surface area contributed by atoms with Crippen molar-refractivity contribution in [2.24, 2.45) is 0 Å². The van der Waals surface area contributed by atoms with Gasteiger partial charge in [-0.2, -0.15) is 0 Å². The van der Waals surface area contributed by atoms with Gasteiger partial charge in [-0.1, -0.05) is 12.1 Å². The Balaban J connectivity index is 1.86. The summed E-state index contributed by atoms with van der Waals surface area (Å²) < 4.78 is 24.1. The van der Waals surface area contributed by atoms with Gasteiger partial charge in [0.1, 0.15) is 18.0 Å². The van der Waals surface area contributed by atoms with E-state index in [0.29, 0.717) is 0 Å². The van der Waals surface area contributed by atoms with Crippen LogP contribution in [0.3, 0.4) is 0 Å². The molecule has 0 amide bonds. The topological polar surface area (TPSA) is 55.8 Å². The molecule has 24 heavy (non-hydrogen) atoms. The Kier molecular flexibility index (Phi) is 5.94. The molecule has 1 fully saturated rings. The van der Waals surface area contributed by atoms with Gasteiger partial charge in [0.15, 0.2) is 0 Å². The average molecular weight is 337 g/mol. The molecule has 1 aromatic carbocycles. The predicted octanol–water partition coefficient (Wildman–Crippen LogP) is 2.79. The van der Waals surface area contributed by atoms with Crippen LogP contribution in [0.4, 0.5) is 4.39 Å². The van der Waals surface area contributed by atoms with Crippen LogP contribution in [0.1, 0.15) is 44.0 Å². The summed E-state index contributed by atoms with van der Waals surface area (Å²) in [5.74, 6) is -1.58. The van der Waals surface area contributed by atoms with Crippen molar-refractivity contribution in [1.82, 2.24) is 4.90 Å². The Hall–Kier alpha value is -1.95. The smallest absolute Gasteiger partial charge is 0.341 e. The zero-order valence-electron chi connectivity index (χ0n) is 14.4. The largest absolute Gasteiger partial charge is 0.460 e. The Labute approximate surface area is 141 Å². The number of nitrogens with zero attached hydrogens (tertiary/aromatic N) is 1. The first kappa shape index (κ1) is 18.4. The first-order chi connectivity index (χ1) is 11.3. The molecular formula is C18H24FNO4. The fraction of sp³-hybridized carbons (Fsp3) is 0.556. The van der Waals surface area contributed by atoms with Gasteiger partial charge in [-0.15, -0.1) is 0 Å². The van der Waals surface area contributed by atoms with Crippen LogP contribution in [0.25, 0.3) is 0 Å². The SMILES string of the molecule is CC(C)(C)OC(=O)CN1CCCC1COC(=O)c1ccccc1F. The minimum atomic E-state index is -0.683. The van der Waals surface area contributed by atoms with E-state index in [1.54, 1.807) is 6.07 Å². The lowest BCUT2D eigenvalue weighted by molar-refractivity contribution is -0.156. The van der Waals surface area contributed by atoms with Crippen molar-refractivity contribution in [3.63, 3.8) is 0 Å².